The van der Waals surface area contributed by atoms with Crippen molar-refractivity contribution in [2.24, 2.45) is 0 Å². The summed E-state index contributed by atoms with van der Waals surface area (Å²) in [5.41, 5.74) is 1.55. The zero-order valence-electron chi connectivity index (χ0n) is 14.7. The standard InChI is InChI=1S/C20H23N3O3/c24-19(8-4-10-23-11-13-26-14-12-23)17-6-1-2-7-18(17)22-20(25)16-5-3-9-21-15-16/h1-3,5-7,9,15H,4,8,10-14H2,(H,22,25). The molecule has 136 valence electrons. The quantitative estimate of drug-likeness (QED) is 0.775. The third kappa shape index (κ3) is 4.97. The first-order valence-electron chi connectivity index (χ1n) is 8.88. The first-order valence-corrected chi connectivity index (χ1v) is 8.88. The van der Waals surface area contributed by atoms with Crippen molar-refractivity contribution in [3.05, 3.63) is 59.9 Å². The summed E-state index contributed by atoms with van der Waals surface area (Å²) in [6, 6.07) is 10.5. The van der Waals surface area contributed by atoms with Crippen molar-refractivity contribution in [3.63, 3.8) is 0 Å². The summed E-state index contributed by atoms with van der Waals surface area (Å²) < 4.78 is 5.33. The molecule has 2 aromatic rings. The van der Waals surface area contributed by atoms with E-state index in [0.29, 0.717) is 23.2 Å². The number of carbonyl (C=O) groups is 2. The predicted molar refractivity (Wildman–Crippen MR) is 99.5 cm³/mol. The average Bonchev–Trinajstić information content (AvgIpc) is 2.70. The van der Waals surface area contributed by atoms with Crippen LogP contribution in [0.25, 0.3) is 0 Å². The Bertz CT molecular complexity index is 743. The van der Waals surface area contributed by atoms with Crippen molar-refractivity contribution < 1.29 is 14.3 Å². The maximum Gasteiger partial charge on any atom is 0.257 e. The molecule has 1 aliphatic heterocycles. The number of morpholine rings is 1. The fourth-order valence-electron chi connectivity index (χ4n) is 2.95. The minimum Gasteiger partial charge on any atom is -0.379 e. The van der Waals surface area contributed by atoms with Gasteiger partial charge in [-0.05, 0) is 37.2 Å². The number of rotatable bonds is 7. The van der Waals surface area contributed by atoms with E-state index >= 15 is 0 Å². The van der Waals surface area contributed by atoms with E-state index in [1.807, 2.05) is 12.1 Å². The molecule has 0 atom stereocenters. The number of nitrogens with zero attached hydrogens (tertiary/aromatic N) is 2. The lowest BCUT2D eigenvalue weighted by molar-refractivity contribution is 0.0371. The van der Waals surface area contributed by atoms with Gasteiger partial charge in [-0.15, -0.1) is 0 Å². The van der Waals surface area contributed by atoms with Gasteiger partial charge in [0.1, 0.15) is 0 Å². The van der Waals surface area contributed by atoms with Crippen molar-refractivity contribution in [1.82, 2.24) is 9.88 Å². The van der Waals surface area contributed by atoms with Crippen molar-refractivity contribution in [3.8, 4) is 0 Å². The highest BCUT2D eigenvalue weighted by atomic mass is 16.5. The third-order valence-electron chi connectivity index (χ3n) is 4.38. The molecule has 2 heterocycles. The van der Waals surface area contributed by atoms with Crippen molar-refractivity contribution in [2.45, 2.75) is 12.8 Å². The van der Waals surface area contributed by atoms with Gasteiger partial charge in [0, 0.05) is 37.5 Å². The molecule has 1 aromatic carbocycles. The fraction of sp³-hybridized carbons (Fsp3) is 0.350. The number of para-hydroxylation sites is 1. The highest BCUT2D eigenvalue weighted by Gasteiger charge is 2.15. The molecule has 6 nitrogen and oxygen atoms in total. The Morgan fingerprint density at radius 1 is 1.12 bits per heavy atom. The zero-order chi connectivity index (χ0) is 18.2. The summed E-state index contributed by atoms with van der Waals surface area (Å²) in [5.74, 6) is -0.230. The van der Waals surface area contributed by atoms with Gasteiger partial charge in [-0.1, -0.05) is 12.1 Å². The maximum atomic E-state index is 12.6. The Morgan fingerprint density at radius 3 is 2.69 bits per heavy atom. The summed E-state index contributed by atoms with van der Waals surface area (Å²) in [5, 5.41) is 2.82. The zero-order valence-corrected chi connectivity index (χ0v) is 14.7. The average molecular weight is 353 g/mol. The molecule has 0 saturated carbocycles. The molecule has 1 aliphatic rings. The fourth-order valence-corrected chi connectivity index (χ4v) is 2.95. The molecular formula is C20H23N3O3. The first kappa shape index (κ1) is 18.2. The number of pyridine rings is 1. The maximum absolute atomic E-state index is 12.6. The van der Waals surface area contributed by atoms with Crippen LogP contribution in [0.5, 0.6) is 0 Å². The SMILES string of the molecule is O=C(Nc1ccccc1C(=O)CCCN1CCOCC1)c1cccnc1. The Labute approximate surface area is 153 Å². The van der Waals surface area contributed by atoms with Gasteiger partial charge < -0.3 is 10.1 Å². The summed E-state index contributed by atoms with van der Waals surface area (Å²) in [7, 11) is 0. The Hall–Kier alpha value is -2.57. The van der Waals surface area contributed by atoms with Crippen molar-refractivity contribution in [1.29, 1.82) is 0 Å². The van der Waals surface area contributed by atoms with Gasteiger partial charge in [-0.3, -0.25) is 19.5 Å². The minimum atomic E-state index is -0.272. The largest absolute Gasteiger partial charge is 0.379 e. The van der Waals surface area contributed by atoms with Crippen LogP contribution in [0.1, 0.15) is 33.6 Å². The van der Waals surface area contributed by atoms with E-state index in [9.17, 15) is 9.59 Å². The van der Waals surface area contributed by atoms with Gasteiger partial charge in [0.2, 0.25) is 0 Å². The molecule has 0 aliphatic carbocycles. The smallest absolute Gasteiger partial charge is 0.257 e. The van der Waals surface area contributed by atoms with Crippen LogP contribution < -0.4 is 5.32 Å². The lowest BCUT2D eigenvalue weighted by Gasteiger charge is -2.26. The highest BCUT2D eigenvalue weighted by Crippen LogP contribution is 2.19. The monoisotopic (exact) mass is 353 g/mol. The van der Waals surface area contributed by atoms with Crippen LogP contribution in [-0.2, 0) is 4.74 Å². The van der Waals surface area contributed by atoms with E-state index in [4.69, 9.17) is 4.74 Å². The Balaban J connectivity index is 1.59. The number of ether oxygens (including phenoxy) is 1. The molecule has 1 N–H and O–H groups in total. The normalized spacial score (nSPS) is 14.8. The van der Waals surface area contributed by atoms with Gasteiger partial charge in [0.15, 0.2) is 5.78 Å². The van der Waals surface area contributed by atoms with Crippen LogP contribution in [0.15, 0.2) is 48.8 Å². The molecule has 3 rings (SSSR count). The molecule has 1 fully saturated rings. The molecule has 1 amide bonds. The molecule has 1 saturated heterocycles. The van der Waals surface area contributed by atoms with E-state index in [2.05, 4.69) is 15.2 Å². The predicted octanol–water partition coefficient (Wildman–Crippen LogP) is 2.63. The first-order chi connectivity index (χ1) is 12.7. The third-order valence-corrected chi connectivity index (χ3v) is 4.38. The van der Waals surface area contributed by atoms with Gasteiger partial charge in [-0.25, -0.2) is 0 Å². The topological polar surface area (TPSA) is 71.5 Å². The molecule has 1 aromatic heterocycles. The van der Waals surface area contributed by atoms with Gasteiger partial charge in [0.05, 0.1) is 24.5 Å². The molecule has 0 radical (unpaired) electrons. The molecular weight excluding hydrogens is 330 g/mol. The summed E-state index contributed by atoms with van der Waals surface area (Å²) >= 11 is 0. The van der Waals surface area contributed by atoms with E-state index in [-0.39, 0.29) is 11.7 Å². The molecule has 6 heteroatoms. The number of Topliss-reactive ketones (excluding diaryl/α,β-unsaturated/α-hetero) is 1. The number of hydrogen-bond donors (Lipinski definition) is 1. The van der Waals surface area contributed by atoms with E-state index in [1.54, 1.807) is 30.5 Å². The van der Waals surface area contributed by atoms with E-state index < -0.39 is 0 Å². The second-order valence-corrected chi connectivity index (χ2v) is 6.22. The van der Waals surface area contributed by atoms with Crippen LogP contribution >= 0.6 is 0 Å². The van der Waals surface area contributed by atoms with E-state index in [1.165, 1.54) is 6.20 Å². The number of benzene rings is 1. The van der Waals surface area contributed by atoms with Crippen molar-refractivity contribution in [2.75, 3.05) is 38.2 Å². The number of anilines is 1. The highest BCUT2D eigenvalue weighted by molar-refractivity contribution is 6.09. The van der Waals surface area contributed by atoms with Crippen LogP contribution in [0.2, 0.25) is 0 Å². The number of hydrogen-bond acceptors (Lipinski definition) is 5. The summed E-state index contributed by atoms with van der Waals surface area (Å²) in [6.07, 6.45) is 4.37. The Kier molecular flexibility index (Phi) is 6.46. The van der Waals surface area contributed by atoms with Crippen molar-refractivity contribution >= 4 is 17.4 Å². The number of nitrogens with one attached hydrogen (secondary N) is 1. The molecule has 0 bridgehead atoms. The van der Waals surface area contributed by atoms with Crippen LogP contribution in [-0.4, -0.2) is 54.4 Å². The Morgan fingerprint density at radius 2 is 1.92 bits per heavy atom. The number of ketones is 1. The number of carbonyl (C=O) groups excluding carboxylic acids is 2. The van der Waals surface area contributed by atoms with Crippen LogP contribution in [0.3, 0.4) is 0 Å². The lowest BCUT2D eigenvalue weighted by Crippen LogP contribution is -2.36. The molecule has 26 heavy (non-hydrogen) atoms. The number of amides is 1. The molecule has 0 spiro atoms. The van der Waals surface area contributed by atoms with E-state index in [0.717, 1.165) is 39.3 Å². The second kappa shape index (κ2) is 9.22. The summed E-state index contributed by atoms with van der Waals surface area (Å²) in [4.78, 5) is 31.2. The van der Waals surface area contributed by atoms with Crippen LogP contribution in [0.4, 0.5) is 5.69 Å². The van der Waals surface area contributed by atoms with Gasteiger partial charge >= 0.3 is 0 Å². The van der Waals surface area contributed by atoms with Gasteiger partial charge in [0.25, 0.3) is 5.91 Å². The number of aromatic nitrogens is 1. The minimum absolute atomic E-state index is 0.0420. The summed E-state index contributed by atoms with van der Waals surface area (Å²) in [6.45, 7) is 4.26. The lowest BCUT2D eigenvalue weighted by atomic mass is 10.0. The molecule has 0 unspecified atom stereocenters. The van der Waals surface area contributed by atoms with Crippen LogP contribution in [0, 0.1) is 0 Å². The van der Waals surface area contributed by atoms with Gasteiger partial charge in [-0.2, -0.15) is 0 Å². The second-order valence-electron chi connectivity index (χ2n) is 6.22.